The Morgan fingerprint density at radius 1 is 0.303 bits per heavy atom. The standard InChI is InChI=1S/C60H112O6/c1-4-7-10-13-15-17-19-21-23-25-26-27-28-29-30-31-32-33-34-35-37-38-40-42-44-47-50-53-59(62)65-56-57(55-64-58(61)52-49-46-12-9-6-3)66-60(63)54-51-48-45-43-41-39-36-24-22-20-18-16-14-11-8-5-2/h19,21,25-26,57H,4-18,20,22-24,27-56H2,1-3H3/b21-19-,26-25-. The van der Waals surface area contributed by atoms with Gasteiger partial charge in [-0.3, -0.25) is 14.4 Å². The van der Waals surface area contributed by atoms with Gasteiger partial charge in [-0.1, -0.05) is 276 Å². The van der Waals surface area contributed by atoms with Crippen molar-refractivity contribution in [3.05, 3.63) is 24.3 Å². The zero-order valence-corrected chi connectivity index (χ0v) is 44.5. The lowest BCUT2D eigenvalue weighted by atomic mass is 10.0. The lowest BCUT2D eigenvalue weighted by molar-refractivity contribution is -0.167. The predicted molar refractivity (Wildman–Crippen MR) is 284 cm³/mol. The maximum absolute atomic E-state index is 12.8. The van der Waals surface area contributed by atoms with Crippen molar-refractivity contribution >= 4 is 17.9 Å². The summed E-state index contributed by atoms with van der Waals surface area (Å²) < 4.78 is 16.7. The SMILES string of the molecule is CCCCCCC/C=C\C/C=C\CCCCCCCCCCCCCCCCCC(=O)OCC(COC(=O)CCCCCCC)OC(=O)CCCCCCCCCCCCCCCCCC. The van der Waals surface area contributed by atoms with Crippen LogP contribution in [0, 0.1) is 0 Å². The summed E-state index contributed by atoms with van der Waals surface area (Å²) in [6, 6.07) is 0. The van der Waals surface area contributed by atoms with Gasteiger partial charge in [0.15, 0.2) is 6.10 Å². The van der Waals surface area contributed by atoms with Crippen molar-refractivity contribution in [1.29, 1.82) is 0 Å². The Morgan fingerprint density at radius 2 is 0.545 bits per heavy atom. The topological polar surface area (TPSA) is 78.9 Å². The molecule has 66 heavy (non-hydrogen) atoms. The number of hydrogen-bond donors (Lipinski definition) is 0. The van der Waals surface area contributed by atoms with Crippen molar-refractivity contribution in [3.8, 4) is 0 Å². The van der Waals surface area contributed by atoms with E-state index in [1.165, 1.54) is 212 Å². The van der Waals surface area contributed by atoms with Gasteiger partial charge in [-0.05, 0) is 51.4 Å². The van der Waals surface area contributed by atoms with Crippen LogP contribution in [0.4, 0.5) is 0 Å². The maximum atomic E-state index is 12.8. The molecular formula is C60H112O6. The smallest absolute Gasteiger partial charge is 0.306 e. The van der Waals surface area contributed by atoms with Gasteiger partial charge in [0.05, 0.1) is 0 Å². The van der Waals surface area contributed by atoms with E-state index < -0.39 is 6.10 Å². The first-order valence-electron chi connectivity index (χ1n) is 29.3. The number of rotatable bonds is 54. The minimum absolute atomic E-state index is 0.0665. The number of carbonyl (C=O) groups excluding carboxylic acids is 3. The molecule has 6 heteroatoms. The second kappa shape index (κ2) is 55.5. The Balaban J connectivity index is 3.98. The molecule has 0 spiro atoms. The molecule has 0 saturated carbocycles. The molecular weight excluding hydrogens is 817 g/mol. The zero-order chi connectivity index (χ0) is 47.9. The fourth-order valence-electron chi connectivity index (χ4n) is 8.77. The van der Waals surface area contributed by atoms with Crippen molar-refractivity contribution in [3.63, 3.8) is 0 Å². The fraction of sp³-hybridized carbons (Fsp3) is 0.883. The highest BCUT2D eigenvalue weighted by atomic mass is 16.6. The van der Waals surface area contributed by atoms with E-state index in [1.54, 1.807) is 0 Å². The Morgan fingerprint density at radius 3 is 0.833 bits per heavy atom. The summed E-state index contributed by atoms with van der Waals surface area (Å²) in [5.74, 6) is -0.862. The highest BCUT2D eigenvalue weighted by Gasteiger charge is 2.19. The zero-order valence-electron chi connectivity index (χ0n) is 44.5. The number of carbonyl (C=O) groups is 3. The van der Waals surface area contributed by atoms with Crippen molar-refractivity contribution in [1.82, 2.24) is 0 Å². The molecule has 388 valence electrons. The summed E-state index contributed by atoms with van der Waals surface area (Å²) in [6.07, 6.45) is 65.1. The first-order chi connectivity index (χ1) is 32.5. The van der Waals surface area contributed by atoms with E-state index in [0.717, 1.165) is 70.6 Å². The highest BCUT2D eigenvalue weighted by Crippen LogP contribution is 2.17. The predicted octanol–water partition coefficient (Wildman–Crippen LogP) is 19.5. The van der Waals surface area contributed by atoms with E-state index in [-0.39, 0.29) is 31.1 Å². The molecule has 0 radical (unpaired) electrons. The first-order valence-corrected chi connectivity index (χ1v) is 29.3. The Labute approximate surface area is 411 Å². The third-order valence-electron chi connectivity index (χ3n) is 13.2. The van der Waals surface area contributed by atoms with Crippen LogP contribution in [0.5, 0.6) is 0 Å². The lowest BCUT2D eigenvalue weighted by Crippen LogP contribution is -2.30. The third kappa shape index (κ3) is 52.9. The minimum atomic E-state index is -0.762. The normalized spacial score (nSPS) is 12.1. The van der Waals surface area contributed by atoms with Crippen LogP contribution >= 0.6 is 0 Å². The molecule has 0 aliphatic heterocycles. The summed E-state index contributed by atoms with van der Waals surface area (Å²) in [7, 11) is 0. The van der Waals surface area contributed by atoms with Crippen LogP contribution < -0.4 is 0 Å². The molecule has 0 heterocycles. The molecule has 1 atom stereocenters. The highest BCUT2D eigenvalue weighted by molar-refractivity contribution is 5.71. The monoisotopic (exact) mass is 929 g/mol. The quantitative estimate of drug-likeness (QED) is 0.0262. The van der Waals surface area contributed by atoms with Gasteiger partial charge in [-0.25, -0.2) is 0 Å². The van der Waals surface area contributed by atoms with E-state index in [0.29, 0.717) is 19.3 Å². The van der Waals surface area contributed by atoms with Crippen LogP contribution in [0.2, 0.25) is 0 Å². The molecule has 0 rings (SSSR count). The van der Waals surface area contributed by atoms with Crippen molar-refractivity contribution in [2.24, 2.45) is 0 Å². The van der Waals surface area contributed by atoms with Crippen LogP contribution in [0.15, 0.2) is 24.3 Å². The number of ether oxygens (including phenoxy) is 3. The maximum Gasteiger partial charge on any atom is 0.306 e. The molecule has 0 amide bonds. The van der Waals surface area contributed by atoms with Gasteiger partial charge in [0.2, 0.25) is 0 Å². The van der Waals surface area contributed by atoms with Crippen LogP contribution in [0.1, 0.15) is 323 Å². The van der Waals surface area contributed by atoms with Crippen molar-refractivity contribution in [2.75, 3.05) is 13.2 Å². The van der Waals surface area contributed by atoms with Gasteiger partial charge in [0.1, 0.15) is 13.2 Å². The molecule has 0 aromatic rings. The van der Waals surface area contributed by atoms with E-state index in [1.807, 2.05) is 0 Å². The number of esters is 3. The number of allylic oxidation sites excluding steroid dienone is 4. The number of unbranched alkanes of at least 4 members (excludes halogenated alkanes) is 39. The average Bonchev–Trinajstić information content (AvgIpc) is 3.31. The average molecular weight is 930 g/mol. The molecule has 0 aliphatic rings. The molecule has 0 aliphatic carbocycles. The first kappa shape index (κ1) is 63.9. The molecule has 0 fully saturated rings. The summed E-state index contributed by atoms with van der Waals surface area (Å²) in [4.78, 5) is 37.8. The summed E-state index contributed by atoms with van der Waals surface area (Å²) in [6.45, 7) is 6.59. The summed E-state index contributed by atoms with van der Waals surface area (Å²) in [5.41, 5.74) is 0. The second-order valence-electron chi connectivity index (χ2n) is 19.9. The van der Waals surface area contributed by atoms with E-state index in [9.17, 15) is 14.4 Å². The van der Waals surface area contributed by atoms with E-state index >= 15 is 0 Å². The van der Waals surface area contributed by atoms with Crippen LogP contribution in [-0.2, 0) is 28.6 Å². The van der Waals surface area contributed by atoms with Crippen LogP contribution in [-0.4, -0.2) is 37.2 Å². The molecule has 0 aromatic carbocycles. The summed E-state index contributed by atoms with van der Waals surface area (Å²) >= 11 is 0. The molecule has 0 bridgehead atoms. The molecule has 0 saturated heterocycles. The van der Waals surface area contributed by atoms with E-state index in [2.05, 4.69) is 45.1 Å². The minimum Gasteiger partial charge on any atom is -0.462 e. The Kier molecular flexibility index (Phi) is 53.7. The second-order valence-corrected chi connectivity index (χ2v) is 19.9. The van der Waals surface area contributed by atoms with Crippen molar-refractivity contribution in [2.45, 2.75) is 329 Å². The fourth-order valence-corrected chi connectivity index (χ4v) is 8.77. The molecule has 0 N–H and O–H groups in total. The largest absolute Gasteiger partial charge is 0.462 e. The van der Waals surface area contributed by atoms with Gasteiger partial charge in [-0.2, -0.15) is 0 Å². The van der Waals surface area contributed by atoms with Gasteiger partial charge in [-0.15, -0.1) is 0 Å². The third-order valence-corrected chi connectivity index (χ3v) is 13.2. The van der Waals surface area contributed by atoms with Gasteiger partial charge >= 0.3 is 17.9 Å². The molecule has 1 unspecified atom stereocenters. The summed E-state index contributed by atoms with van der Waals surface area (Å²) in [5, 5.41) is 0. The van der Waals surface area contributed by atoms with E-state index in [4.69, 9.17) is 14.2 Å². The molecule has 0 aromatic heterocycles. The van der Waals surface area contributed by atoms with Gasteiger partial charge < -0.3 is 14.2 Å². The van der Waals surface area contributed by atoms with Crippen LogP contribution in [0.25, 0.3) is 0 Å². The Hall–Kier alpha value is -2.11. The van der Waals surface area contributed by atoms with Crippen LogP contribution in [0.3, 0.4) is 0 Å². The van der Waals surface area contributed by atoms with Gasteiger partial charge in [0.25, 0.3) is 0 Å². The lowest BCUT2D eigenvalue weighted by Gasteiger charge is -2.18. The molecule has 6 nitrogen and oxygen atoms in total. The number of hydrogen-bond acceptors (Lipinski definition) is 6. The Bertz CT molecular complexity index is 1070. The van der Waals surface area contributed by atoms with Gasteiger partial charge in [0, 0.05) is 19.3 Å². The van der Waals surface area contributed by atoms with Crippen molar-refractivity contribution < 1.29 is 28.6 Å².